The summed E-state index contributed by atoms with van der Waals surface area (Å²) in [4.78, 5) is 4.72. The highest BCUT2D eigenvalue weighted by Crippen LogP contribution is 2.31. The summed E-state index contributed by atoms with van der Waals surface area (Å²) in [6.45, 7) is 1.52. The van der Waals surface area contributed by atoms with E-state index in [4.69, 9.17) is 4.84 Å². The van der Waals surface area contributed by atoms with Crippen molar-refractivity contribution in [3.8, 4) is 0 Å². The van der Waals surface area contributed by atoms with E-state index < -0.39 is 21.0 Å². The van der Waals surface area contributed by atoms with Crippen molar-refractivity contribution in [2.24, 2.45) is 5.16 Å². The Bertz CT molecular complexity index is 272. The van der Waals surface area contributed by atoms with E-state index in [0.717, 1.165) is 11.8 Å². The van der Waals surface area contributed by atoms with Gasteiger partial charge in [0.25, 0.3) is 4.38 Å². The predicted octanol–water partition coefficient (Wildman–Crippen LogP) is -2.10. The molecule has 0 amide bonds. The van der Waals surface area contributed by atoms with Crippen molar-refractivity contribution in [1.29, 1.82) is 0 Å². The number of rotatable bonds is 2. The van der Waals surface area contributed by atoms with E-state index >= 15 is 0 Å². The lowest BCUT2D eigenvalue weighted by Gasteiger charge is -2.11. The van der Waals surface area contributed by atoms with E-state index in [-0.39, 0.29) is 4.38 Å². The first kappa shape index (κ1) is 11.2. The van der Waals surface area contributed by atoms with Crippen molar-refractivity contribution in [3.63, 3.8) is 0 Å². The van der Waals surface area contributed by atoms with E-state index in [1.54, 1.807) is 6.26 Å². The zero-order chi connectivity index (χ0) is 10.1. The van der Waals surface area contributed by atoms with Gasteiger partial charge < -0.3 is 4.84 Å². The average Bonchev–Trinajstić information content (AvgIpc) is 2.30. The standard InChI is InChI=1S/C4H6ClNO5S2/c1-3-6-10-4(12-2)13(3)11-5(7,8)9/h1-2H3. The van der Waals surface area contributed by atoms with Crippen LogP contribution in [0.25, 0.3) is 0 Å². The molecule has 9 heteroatoms. The Balaban J connectivity index is 2.81. The fourth-order valence-corrected chi connectivity index (χ4v) is 3.50. The molecule has 0 N–H and O–H groups in total. The summed E-state index contributed by atoms with van der Waals surface area (Å²) in [6.07, 6.45) is 1.67. The summed E-state index contributed by atoms with van der Waals surface area (Å²) in [7, 11) is -5.73. The van der Waals surface area contributed by atoms with Crippen molar-refractivity contribution in [2.75, 3.05) is 6.26 Å². The molecule has 1 rings (SSSR count). The lowest BCUT2D eigenvalue weighted by atomic mass is 10.9. The van der Waals surface area contributed by atoms with Crippen LogP contribution in [0.2, 0.25) is 0 Å². The number of thioether (sulfide) groups is 1. The molecule has 1 heterocycles. The zero-order valence-electron chi connectivity index (χ0n) is 6.68. The number of nitrogens with zero attached hydrogens (tertiary/aromatic N) is 1. The average molecular weight is 248 g/mol. The van der Waals surface area contributed by atoms with E-state index in [9.17, 15) is 14.0 Å². The molecule has 0 saturated heterocycles. The van der Waals surface area contributed by atoms with Gasteiger partial charge in [-0.1, -0.05) is 16.9 Å². The monoisotopic (exact) mass is 247 g/mol. The van der Waals surface area contributed by atoms with Gasteiger partial charge >= 0.3 is 0 Å². The predicted molar refractivity (Wildman–Crippen MR) is 41.4 cm³/mol. The number of halogens is 1. The highest BCUT2D eigenvalue weighted by Gasteiger charge is 2.32. The summed E-state index contributed by atoms with van der Waals surface area (Å²) in [5.74, 6) is 0. The smallest absolute Gasteiger partial charge is 0.261 e. The first-order chi connectivity index (χ1) is 5.94. The van der Waals surface area contributed by atoms with Crippen LogP contribution in [0.15, 0.2) is 5.16 Å². The van der Waals surface area contributed by atoms with Crippen LogP contribution in [0.5, 0.6) is 0 Å². The van der Waals surface area contributed by atoms with Gasteiger partial charge in [0.15, 0.2) is 0 Å². The van der Waals surface area contributed by atoms with Crippen LogP contribution in [-0.4, -0.2) is 15.7 Å². The fourth-order valence-electron chi connectivity index (χ4n) is 0.551. The fraction of sp³-hybridized carbons (Fsp3) is 0.500. The van der Waals surface area contributed by atoms with E-state index in [2.05, 4.69) is 8.89 Å². The van der Waals surface area contributed by atoms with Gasteiger partial charge in [0.05, 0.1) is 10.2 Å². The van der Waals surface area contributed by atoms with Gasteiger partial charge in [-0.15, -0.1) is 0 Å². The SMILES string of the molecule is CSC1=S(O[Cl+3]([O-])([O-])[O-])C(C)=NO1. The van der Waals surface area contributed by atoms with Crippen LogP contribution in [0.1, 0.15) is 6.92 Å². The molecule has 6 nitrogen and oxygen atoms in total. The Morgan fingerprint density at radius 1 is 1.54 bits per heavy atom. The van der Waals surface area contributed by atoms with Crippen LogP contribution >= 0.6 is 22.5 Å². The molecule has 0 aromatic heterocycles. The Morgan fingerprint density at radius 3 is 2.62 bits per heavy atom. The Hall–Kier alpha value is 0.170. The van der Waals surface area contributed by atoms with Crippen LogP contribution in [0.3, 0.4) is 0 Å². The third-order valence-electron chi connectivity index (χ3n) is 0.975. The molecule has 1 aliphatic heterocycles. The van der Waals surface area contributed by atoms with Gasteiger partial charge in [-0.25, -0.2) is 0 Å². The minimum absolute atomic E-state index is 0.268. The lowest BCUT2D eigenvalue weighted by molar-refractivity contribution is -1.91. The van der Waals surface area contributed by atoms with Gasteiger partial charge in [0.1, 0.15) is 8.78 Å². The summed E-state index contributed by atoms with van der Waals surface area (Å²) >= 11 is 1.14. The van der Waals surface area contributed by atoms with Gasteiger partial charge in [-0.2, -0.15) is 14.0 Å². The molecular formula is C4H6ClNO5S2. The number of oxime groups is 1. The second kappa shape index (κ2) is 4.13. The summed E-state index contributed by atoms with van der Waals surface area (Å²) in [5.41, 5.74) is 0. The maximum atomic E-state index is 10.3. The van der Waals surface area contributed by atoms with Crippen LogP contribution in [0, 0.1) is 10.2 Å². The molecule has 0 spiro atoms. The molecule has 1 aliphatic rings. The van der Waals surface area contributed by atoms with Crippen molar-refractivity contribution >= 4 is 32.0 Å². The maximum absolute atomic E-state index is 10.3. The number of hydrogen-bond acceptors (Lipinski definition) is 7. The van der Waals surface area contributed by atoms with E-state index in [1.807, 2.05) is 0 Å². The first-order valence-corrected chi connectivity index (χ1v) is 6.52. The number of hydrogen-bond donors (Lipinski definition) is 0. The Labute approximate surface area is 83.4 Å². The van der Waals surface area contributed by atoms with Crippen LogP contribution in [-0.2, 0) is 8.57 Å². The minimum Gasteiger partial charge on any atom is -0.340 e. The molecule has 1 atom stereocenters. The molecule has 76 valence electrons. The Morgan fingerprint density at radius 2 is 2.15 bits per heavy atom. The summed E-state index contributed by atoms with van der Waals surface area (Å²) in [5, 5.41) is 3.82. The Kier molecular flexibility index (Phi) is 3.57. The molecule has 0 aromatic rings. The minimum atomic E-state index is -4.45. The second-order valence-electron chi connectivity index (χ2n) is 1.87. The molecule has 0 radical (unpaired) electrons. The van der Waals surface area contributed by atoms with Crippen molar-refractivity contribution < 1.29 is 32.8 Å². The van der Waals surface area contributed by atoms with Crippen molar-refractivity contribution in [1.82, 2.24) is 0 Å². The summed E-state index contributed by atoms with van der Waals surface area (Å²) < 4.78 is 35.3. The van der Waals surface area contributed by atoms with Gasteiger partial charge in [-0.3, -0.25) is 0 Å². The molecule has 0 aromatic carbocycles. The maximum Gasteiger partial charge on any atom is 0.261 e. The topological polar surface area (TPSA) is 100 Å². The third kappa shape index (κ3) is 3.09. The van der Waals surface area contributed by atoms with Crippen molar-refractivity contribution in [2.45, 2.75) is 6.92 Å². The summed E-state index contributed by atoms with van der Waals surface area (Å²) in [6, 6.07) is 0. The quantitative estimate of drug-likeness (QED) is 0.518. The highest BCUT2D eigenvalue weighted by atomic mass is 35.7. The third-order valence-corrected chi connectivity index (χ3v) is 4.45. The molecule has 0 saturated carbocycles. The molecule has 1 unspecified atom stereocenters. The van der Waals surface area contributed by atoms with Crippen LogP contribution in [0.4, 0.5) is 0 Å². The van der Waals surface area contributed by atoms with Crippen LogP contribution < -0.4 is 14.0 Å². The lowest BCUT2D eigenvalue weighted by Crippen LogP contribution is -2.60. The van der Waals surface area contributed by atoms with Gasteiger partial charge in [0, 0.05) is 0 Å². The molecule has 0 bridgehead atoms. The van der Waals surface area contributed by atoms with E-state index in [1.165, 1.54) is 6.92 Å². The second-order valence-corrected chi connectivity index (χ2v) is 5.66. The normalized spacial score (nSPS) is 23.0. The van der Waals surface area contributed by atoms with E-state index in [0.29, 0.717) is 5.04 Å². The highest BCUT2D eigenvalue weighted by molar-refractivity contribution is 8.38. The molecule has 13 heavy (non-hydrogen) atoms. The molecule has 0 aliphatic carbocycles. The van der Waals surface area contributed by atoms with Gasteiger partial charge in [0.2, 0.25) is 10.8 Å². The largest absolute Gasteiger partial charge is 0.340 e. The van der Waals surface area contributed by atoms with Crippen molar-refractivity contribution in [3.05, 3.63) is 0 Å². The van der Waals surface area contributed by atoms with Gasteiger partial charge in [-0.05, 0) is 13.2 Å². The molecule has 0 fully saturated rings. The molecular weight excluding hydrogens is 242 g/mol. The zero-order valence-corrected chi connectivity index (χ0v) is 9.07. The first-order valence-electron chi connectivity index (χ1n) is 2.91.